The normalized spacial score (nSPS) is 10.6. The molecule has 1 aromatic heterocycles. The number of amides is 3. The third-order valence-corrected chi connectivity index (χ3v) is 4.95. The molecule has 0 aliphatic carbocycles. The molecule has 0 fully saturated rings. The topological polar surface area (TPSA) is 152 Å². The molecule has 3 N–H and O–H groups in total. The van der Waals surface area contributed by atoms with E-state index in [9.17, 15) is 19.7 Å². The lowest BCUT2D eigenvalue weighted by molar-refractivity contribution is -0.384. The summed E-state index contributed by atoms with van der Waals surface area (Å²) in [6.45, 7) is 0. The van der Waals surface area contributed by atoms with Crippen molar-refractivity contribution in [2.75, 3.05) is 10.6 Å². The number of urea groups is 1. The van der Waals surface area contributed by atoms with Crippen molar-refractivity contribution in [3.05, 3.63) is 73.7 Å². The van der Waals surface area contributed by atoms with Crippen molar-refractivity contribution in [2.24, 2.45) is 5.10 Å². The van der Waals surface area contributed by atoms with Gasteiger partial charge in [-0.1, -0.05) is 39.4 Å². The van der Waals surface area contributed by atoms with Gasteiger partial charge in [-0.25, -0.2) is 10.2 Å². The number of carbonyl (C=O) groups is 2. The molecule has 0 atom stereocenters. The molecule has 0 unspecified atom stereocenters. The van der Waals surface area contributed by atoms with Crippen LogP contribution in [0.1, 0.15) is 10.6 Å². The average Bonchev–Trinajstić information content (AvgIpc) is 3.16. The molecule has 2 aromatic carbocycles. The number of nitrogens with zero attached hydrogens (tertiary/aromatic N) is 4. The maximum atomic E-state index is 12.0. The molecule has 3 rings (SSSR count). The summed E-state index contributed by atoms with van der Waals surface area (Å²) in [7, 11) is 0. The minimum atomic E-state index is -0.518. The van der Waals surface area contributed by atoms with Gasteiger partial charge in [0.15, 0.2) is 0 Å². The molecule has 31 heavy (non-hydrogen) atoms. The highest BCUT2D eigenvalue weighted by molar-refractivity contribution is 9.10. The van der Waals surface area contributed by atoms with Gasteiger partial charge in [0.25, 0.3) is 5.69 Å². The second-order valence-electron chi connectivity index (χ2n) is 5.91. The second kappa shape index (κ2) is 10.4. The number of hydrogen-bond donors (Lipinski definition) is 3. The predicted octanol–water partition coefficient (Wildman–Crippen LogP) is 3.55. The molecule has 0 spiro atoms. The predicted molar refractivity (Wildman–Crippen MR) is 119 cm³/mol. The van der Waals surface area contributed by atoms with Gasteiger partial charge in [0.1, 0.15) is 5.01 Å². The lowest BCUT2D eigenvalue weighted by Crippen LogP contribution is -2.19. The zero-order valence-corrected chi connectivity index (χ0v) is 18.0. The van der Waals surface area contributed by atoms with Crippen molar-refractivity contribution < 1.29 is 14.5 Å². The Balaban J connectivity index is 1.48. The molecule has 11 nitrogen and oxygen atoms in total. The van der Waals surface area contributed by atoms with Crippen LogP contribution in [0.25, 0.3) is 0 Å². The smallest absolute Gasteiger partial charge is 0.308 e. The number of anilines is 2. The highest BCUT2D eigenvalue weighted by Gasteiger charge is 2.11. The van der Waals surface area contributed by atoms with Crippen LogP contribution in [0, 0.1) is 10.1 Å². The van der Waals surface area contributed by atoms with E-state index < -0.39 is 16.9 Å². The van der Waals surface area contributed by atoms with Crippen LogP contribution in [0.5, 0.6) is 0 Å². The molecule has 158 valence electrons. The van der Waals surface area contributed by atoms with Crippen LogP contribution in [0.2, 0.25) is 0 Å². The Labute approximate surface area is 187 Å². The Morgan fingerprint density at radius 1 is 1.16 bits per heavy atom. The molecule has 1 heterocycles. The number of benzene rings is 2. The minimum absolute atomic E-state index is 0.0756. The highest BCUT2D eigenvalue weighted by Crippen LogP contribution is 2.17. The monoisotopic (exact) mass is 503 g/mol. The van der Waals surface area contributed by atoms with E-state index in [4.69, 9.17) is 0 Å². The van der Waals surface area contributed by atoms with Gasteiger partial charge < -0.3 is 5.32 Å². The quantitative estimate of drug-likeness (QED) is 0.254. The van der Waals surface area contributed by atoms with Gasteiger partial charge in [0, 0.05) is 27.9 Å². The van der Waals surface area contributed by atoms with Crippen LogP contribution in [0.3, 0.4) is 0 Å². The Kier molecular flexibility index (Phi) is 7.35. The van der Waals surface area contributed by atoms with Crippen LogP contribution < -0.4 is 16.1 Å². The maximum absolute atomic E-state index is 12.0. The van der Waals surface area contributed by atoms with E-state index >= 15 is 0 Å². The van der Waals surface area contributed by atoms with Crippen molar-refractivity contribution in [3.63, 3.8) is 0 Å². The molecule has 0 radical (unpaired) electrons. The van der Waals surface area contributed by atoms with Gasteiger partial charge in [-0.2, -0.15) is 5.10 Å². The minimum Gasteiger partial charge on any atom is -0.308 e. The first-order valence-corrected chi connectivity index (χ1v) is 10.2. The summed E-state index contributed by atoms with van der Waals surface area (Å²) in [5, 5.41) is 28.0. The van der Waals surface area contributed by atoms with Gasteiger partial charge in [-0.3, -0.25) is 20.2 Å². The molecular formula is C18H14BrN7O4S. The summed E-state index contributed by atoms with van der Waals surface area (Å²) >= 11 is 4.36. The van der Waals surface area contributed by atoms with Crippen LogP contribution >= 0.6 is 27.3 Å². The third-order valence-electron chi connectivity index (χ3n) is 3.59. The zero-order chi connectivity index (χ0) is 22.2. The third kappa shape index (κ3) is 6.94. The lowest BCUT2D eigenvalue weighted by Gasteiger charge is -2.04. The summed E-state index contributed by atoms with van der Waals surface area (Å²) in [6, 6.07) is 12.4. The van der Waals surface area contributed by atoms with E-state index in [1.54, 1.807) is 30.3 Å². The SMILES string of the molecule is O=C(Cc1nnc(NC(=O)Nc2ccc(Br)cc2)s1)N/N=C\c1cccc([N+](=O)[O-])c1. The Morgan fingerprint density at radius 3 is 2.68 bits per heavy atom. The van der Waals surface area contributed by atoms with E-state index in [1.165, 1.54) is 24.4 Å². The van der Waals surface area contributed by atoms with Crippen LogP contribution in [-0.2, 0) is 11.2 Å². The van der Waals surface area contributed by atoms with Gasteiger partial charge >= 0.3 is 6.03 Å². The molecular weight excluding hydrogens is 490 g/mol. The second-order valence-corrected chi connectivity index (χ2v) is 7.89. The number of non-ortho nitro benzene ring substituents is 1. The molecule has 0 aliphatic rings. The zero-order valence-electron chi connectivity index (χ0n) is 15.6. The number of halogens is 1. The summed E-state index contributed by atoms with van der Waals surface area (Å²) in [5.41, 5.74) is 3.31. The van der Waals surface area contributed by atoms with Gasteiger partial charge in [-0.15, -0.1) is 10.2 Å². The van der Waals surface area contributed by atoms with Gasteiger partial charge in [0.05, 0.1) is 17.6 Å². The molecule has 0 aliphatic heterocycles. The van der Waals surface area contributed by atoms with E-state index in [-0.39, 0.29) is 17.2 Å². The first-order valence-electron chi connectivity index (χ1n) is 8.61. The fourth-order valence-corrected chi connectivity index (χ4v) is 3.24. The number of aromatic nitrogens is 2. The standard InChI is InChI=1S/C18H14BrN7O4S/c19-12-4-6-13(7-5-12)21-17(28)22-18-25-24-16(31-18)9-15(27)23-20-10-11-2-1-3-14(8-11)26(29)30/h1-8,10H,9H2,(H,23,27)(H2,21,22,25,28)/b20-10-. The number of nitro benzene ring substituents is 1. The fraction of sp³-hybridized carbons (Fsp3) is 0.0556. The van der Waals surface area contributed by atoms with Crippen molar-refractivity contribution in [1.29, 1.82) is 0 Å². The summed E-state index contributed by atoms with van der Waals surface area (Å²) in [4.78, 5) is 34.2. The molecule has 0 bridgehead atoms. The number of carbonyl (C=O) groups excluding carboxylic acids is 2. The number of nitrogens with one attached hydrogen (secondary N) is 3. The lowest BCUT2D eigenvalue weighted by atomic mass is 10.2. The molecule has 0 saturated carbocycles. The molecule has 3 amide bonds. The first kappa shape index (κ1) is 22.0. The first-order chi connectivity index (χ1) is 14.9. The molecule has 3 aromatic rings. The fourth-order valence-electron chi connectivity index (χ4n) is 2.24. The molecule has 13 heteroatoms. The van der Waals surface area contributed by atoms with Crippen molar-refractivity contribution in [3.8, 4) is 0 Å². The van der Waals surface area contributed by atoms with Gasteiger partial charge in [0.2, 0.25) is 11.0 Å². The molecule has 0 saturated heterocycles. The van der Waals surface area contributed by atoms with Crippen LogP contribution in [0.15, 0.2) is 58.1 Å². The number of rotatable bonds is 7. The van der Waals surface area contributed by atoms with E-state index in [1.807, 2.05) is 0 Å². The van der Waals surface area contributed by atoms with E-state index in [0.717, 1.165) is 15.8 Å². The van der Waals surface area contributed by atoms with E-state index in [2.05, 4.69) is 47.3 Å². The van der Waals surface area contributed by atoms with Gasteiger partial charge in [-0.05, 0) is 24.3 Å². The van der Waals surface area contributed by atoms with E-state index in [0.29, 0.717) is 16.3 Å². The van der Waals surface area contributed by atoms with Crippen LogP contribution in [-0.4, -0.2) is 33.3 Å². The number of nitro groups is 1. The Morgan fingerprint density at radius 2 is 1.94 bits per heavy atom. The summed E-state index contributed by atoms with van der Waals surface area (Å²) < 4.78 is 0.889. The van der Waals surface area contributed by atoms with Crippen molar-refractivity contribution >= 4 is 61.9 Å². The summed E-state index contributed by atoms with van der Waals surface area (Å²) in [5.74, 6) is -0.455. The number of hydrazone groups is 1. The van der Waals surface area contributed by atoms with Crippen LogP contribution in [0.4, 0.5) is 21.3 Å². The average molecular weight is 504 g/mol. The highest BCUT2D eigenvalue weighted by atomic mass is 79.9. The largest absolute Gasteiger partial charge is 0.325 e. The van der Waals surface area contributed by atoms with Crippen molar-refractivity contribution in [1.82, 2.24) is 15.6 Å². The Hall–Kier alpha value is -3.71. The maximum Gasteiger partial charge on any atom is 0.325 e. The van der Waals surface area contributed by atoms with Crippen molar-refractivity contribution in [2.45, 2.75) is 6.42 Å². The summed E-state index contributed by atoms with van der Waals surface area (Å²) in [6.07, 6.45) is 1.20. The Bertz CT molecular complexity index is 1130. The number of hydrogen-bond acceptors (Lipinski definition) is 8.